The Morgan fingerprint density at radius 1 is 1.26 bits per heavy atom. The van der Waals surface area contributed by atoms with Crippen LogP contribution >= 0.6 is 0 Å². The summed E-state index contributed by atoms with van der Waals surface area (Å²) in [7, 11) is 1.67. The Kier molecular flexibility index (Phi) is 4.72. The van der Waals surface area contributed by atoms with Crippen molar-refractivity contribution in [3.63, 3.8) is 0 Å². The predicted octanol–water partition coefficient (Wildman–Crippen LogP) is 0.709. The van der Waals surface area contributed by atoms with E-state index in [1.54, 1.807) is 7.05 Å². The molecular formula is C19H25N5O3. The van der Waals surface area contributed by atoms with Crippen LogP contribution < -0.4 is 10.6 Å². The Balaban J connectivity index is 1.26. The second kappa shape index (κ2) is 7.17. The summed E-state index contributed by atoms with van der Waals surface area (Å²) >= 11 is 0. The molecule has 2 aliphatic carbocycles. The molecular weight excluding hydrogens is 346 g/mol. The fourth-order valence-corrected chi connectivity index (χ4v) is 4.47. The van der Waals surface area contributed by atoms with Gasteiger partial charge < -0.3 is 15.2 Å². The van der Waals surface area contributed by atoms with E-state index in [1.807, 2.05) is 13.0 Å². The number of nitrogens with one attached hydrogen (secondary N) is 2. The minimum absolute atomic E-state index is 0.0136. The summed E-state index contributed by atoms with van der Waals surface area (Å²) in [6, 6.07) is 1.91. The zero-order chi connectivity index (χ0) is 19.0. The number of carbonyl (C=O) groups excluding carboxylic acids is 2. The Morgan fingerprint density at radius 2 is 1.96 bits per heavy atom. The van der Waals surface area contributed by atoms with Gasteiger partial charge in [0.2, 0.25) is 11.8 Å². The molecule has 0 aromatic carbocycles. The van der Waals surface area contributed by atoms with Crippen molar-refractivity contribution in [2.24, 2.45) is 28.7 Å². The number of likely N-dealkylation sites (tertiary alicyclic amines) is 1. The molecule has 2 fully saturated rings. The van der Waals surface area contributed by atoms with Gasteiger partial charge in [0.1, 0.15) is 0 Å². The highest BCUT2D eigenvalue weighted by Crippen LogP contribution is 2.52. The van der Waals surface area contributed by atoms with Crippen molar-refractivity contribution in [1.82, 2.24) is 20.7 Å². The molecule has 27 heavy (non-hydrogen) atoms. The lowest BCUT2D eigenvalue weighted by Crippen LogP contribution is -2.43. The first-order valence-electron chi connectivity index (χ1n) is 9.55. The van der Waals surface area contributed by atoms with Gasteiger partial charge in [-0.3, -0.25) is 19.5 Å². The minimum Gasteiger partial charge on any atom is -0.359 e. The van der Waals surface area contributed by atoms with Crippen LogP contribution in [0, 0.1) is 23.7 Å². The summed E-state index contributed by atoms with van der Waals surface area (Å²) in [5.74, 6) is 1.52. The van der Waals surface area contributed by atoms with Crippen LogP contribution in [0.5, 0.6) is 0 Å². The van der Waals surface area contributed by atoms with Crippen LogP contribution in [0.4, 0.5) is 0 Å². The van der Waals surface area contributed by atoms with Gasteiger partial charge in [-0.2, -0.15) is 0 Å². The van der Waals surface area contributed by atoms with E-state index in [0.29, 0.717) is 25.6 Å². The molecule has 1 saturated carbocycles. The molecule has 2 bridgehead atoms. The van der Waals surface area contributed by atoms with Crippen molar-refractivity contribution in [1.29, 1.82) is 0 Å². The third-order valence-corrected chi connectivity index (χ3v) is 5.81. The molecule has 8 nitrogen and oxygen atoms in total. The topological polar surface area (TPSA) is 99.8 Å². The molecule has 144 valence electrons. The Hall–Kier alpha value is -2.64. The van der Waals surface area contributed by atoms with Crippen molar-refractivity contribution in [2.45, 2.75) is 26.3 Å². The van der Waals surface area contributed by atoms with E-state index in [2.05, 4.69) is 32.9 Å². The van der Waals surface area contributed by atoms with Crippen molar-refractivity contribution < 1.29 is 14.1 Å². The van der Waals surface area contributed by atoms with Gasteiger partial charge in [-0.25, -0.2) is 0 Å². The fourth-order valence-electron chi connectivity index (χ4n) is 4.47. The van der Waals surface area contributed by atoms with Gasteiger partial charge in [0.05, 0.1) is 24.1 Å². The van der Waals surface area contributed by atoms with Crippen LogP contribution in [-0.4, -0.2) is 48.0 Å². The van der Waals surface area contributed by atoms with Gasteiger partial charge >= 0.3 is 0 Å². The largest absolute Gasteiger partial charge is 0.359 e. The van der Waals surface area contributed by atoms with Crippen LogP contribution in [0.1, 0.15) is 24.8 Å². The van der Waals surface area contributed by atoms with Gasteiger partial charge in [-0.1, -0.05) is 24.2 Å². The molecule has 1 saturated heterocycles. The molecule has 0 spiro atoms. The van der Waals surface area contributed by atoms with Crippen LogP contribution in [0.3, 0.4) is 0 Å². The molecule has 8 heteroatoms. The second-order valence-electron chi connectivity index (χ2n) is 7.32. The molecule has 4 unspecified atom stereocenters. The van der Waals surface area contributed by atoms with Gasteiger partial charge in [0, 0.05) is 26.2 Å². The standard InChI is InChI=1S/C19H25N5O3/c1-3-13-9-14(27-23-13)10-22-19(20-2)21-6-7-24-17(25)15-11-4-5-12(8-11)16(15)18(24)26/h4-5,9,11-12,15-16H,3,6-8,10H2,1-2H3,(H2,20,21,22). The number of allylic oxidation sites excluding steroid dienone is 2. The molecule has 2 N–H and O–H groups in total. The van der Waals surface area contributed by atoms with Crippen LogP contribution in [0.25, 0.3) is 0 Å². The molecule has 4 atom stereocenters. The fraction of sp³-hybridized carbons (Fsp3) is 0.579. The zero-order valence-electron chi connectivity index (χ0n) is 15.6. The molecule has 3 aliphatic rings. The normalized spacial score (nSPS) is 29.0. The lowest BCUT2D eigenvalue weighted by molar-refractivity contribution is -0.140. The monoisotopic (exact) mass is 371 g/mol. The molecule has 1 aromatic rings. The molecule has 2 heterocycles. The SMILES string of the molecule is CCc1cc(CNC(=NC)NCCN2C(=O)C3C4C=CC(C4)C3C2=O)on1. The number of fused-ring (bicyclic) bond motifs is 5. The maximum atomic E-state index is 12.7. The first-order chi connectivity index (χ1) is 13.1. The van der Waals surface area contributed by atoms with E-state index in [0.717, 1.165) is 24.3 Å². The number of rotatable bonds is 6. The second-order valence-corrected chi connectivity index (χ2v) is 7.32. The van der Waals surface area contributed by atoms with Crippen LogP contribution in [-0.2, 0) is 22.6 Å². The number of nitrogens with zero attached hydrogens (tertiary/aromatic N) is 3. The lowest BCUT2D eigenvalue weighted by atomic mass is 9.85. The van der Waals surface area contributed by atoms with E-state index < -0.39 is 0 Å². The molecule has 1 aromatic heterocycles. The number of guanidine groups is 1. The number of carbonyl (C=O) groups is 2. The summed E-state index contributed by atoms with van der Waals surface area (Å²) in [5.41, 5.74) is 0.912. The molecule has 0 radical (unpaired) electrons. The molecule has 4 rings (SSSR count). The number of imide groups is 1. The number of aromatic nitrogens is 1. The number of aliphatic imine (C=N–C) groups is 1. The highest BCUT2D eigenvalue weighted by molar-refractivity contribution is 6.06. The average Bonchev–Trinajstić information content (AvgIpc) is 3.44. The number of hydrogen-bond donors (Lipinski definition) is 2. The molecule has 2 amide bonds. The summed E-state index contributed by atoms with van der Waals surface area (Å²) in [6.07, 6.45) is 6.00. The van der Waals surface area contributed by atoms with E-state index in [9.17, 15) is 9.59 Å². The van der Waals surface area contributed by atoms with Gasteiger partial charge in [-0.15, -0.1) is 0 Å². The Bertz CT molecular complexity index is 769. The van der Waals surface area contributed by atoms with E-state index in [4.69, 9.17) is 4.52 Å². The predicted molar refractivity (Wildman–Crippen MR) is 98.5 cm³/mol. The van der Waals surface area contributed by atoms with Crippen LogP contribution in [0.15, 0.2) is 27.7 Å². The van der Waals surface area contributed by atoms with Crippen molar-refractivity contribution in [3.8, 4) is 0 Å². The molecule has 1 aliphatic heterocycles. The third-order valence-electron chi connectivity index (χ3n) is 5.81. The quantitative estimate of drug-likeness (QED) is 0.331. The third kappa shape index (κ3) is 3.13. The Morgan fingerprint density at radius 3 is 2.56 bits per heavy atom. The number of aryl methyl sites for hydroxylation is 1. The summed E-state index contributed by atoms with van der Waals surface area (Å²) < 4.78 is 5.23. The maximum absolute atomic E-state index is 12.7. The number of amides is 2. The first-order valence-corrected chi connectivity index (χ1v) is 9.55. The highest BCUT2D eigenvalue weighted by atomic mass is 16.5. The van der Waals surface area contributed by atoms with E-state index in [-0.39, 0.29) is 35.5 Å². The summed E-state index contributed by atoms with van der Waals surface area (Å²) in [4.78, 5) is 30.9. The van der Waals surface area contributed by atoms with E-state index >= 15 is 0 Å². The van der Waals surface area contributed by atoms with Gasteiger partial charge in [0.15, 0.2) is 11.7 Å². The smallest absolute Gasteiger partial charge is 0.233 e. The maximum Gasteiger partial charge on any atom is 0.233 e. The average molecular weight is 371 g/mol. The van der Waals surface area contributed by atoms with Gasteiger partial charge in [-0.05, 0) is 24.7 Å². The van der Waals surface area contributed by atoms with Crippen molar-refractivity contribution in [3.05, 3.63) is 29.7 Å². The van der Waals surface area contributed by atoms with E-state index in [1.165, 1.54) is 4.90 Å². The highest BCUT2D eigenvalue weighted by Gasteiger charge is 2.58. The Labute approximate surface area is 158 Å². The van der Waals surface area contributed by atoms with Crippen molar-refractivity contribution in [2.75, 3.05) is 20.1 Å². The van der Waals surface area contributed by atoms with Crippen LogP contribution in [0.2, 0.25) is 0 Å². The summed E-state index contributed by atoms with van der Waals surface area (Å²) in [5, 5.41) is 10.2. The zero-order valence-corrected chi connectivity index (χ0v) is 15.6. The van der Waals surface area contributed by atoms with Crippen molar-refractivity contribution >= 4 is 17.8 Å². The minimum atomic E-state index is -0.135. The number of hydrogen-bond acceptors (Lipinski definition) is 5. The van der Waals surface area contributed by atoms with Gasteiger partial charge in [0.25, 0.3) is 0 Å². The lowest BCUT2D eigenvalue weighted by Gasteiger charge is -2.18. The first kappa shape index (κ1) is 17.8. The summed E-state index contributed by atoms with van der Waals surface area (Å²) in [6.45, 7) is 3.29.